The Morgan fingerprint density at radius 3 is 2.32 bits per heavy atom. The Bertz CT molecular complexity index is 340. The Morgan fingerprint density at radius 1 is 1.16 bits per heavy atom. The predicted octanol–water partition coefficient (Wildman–Crippen LogP) is 3.68. The molecule has 0 bridgehead atoms. The molecule has 2 heteroatoms. The minimum Gasteiger partial charge on any atom is -0.311 e. The predicted molar refractivity (Wildman–Crippen MR) is 84.4 cm³/mol. The molecular weight excluding hydrogens is 232 g/mol. The quantitative estimate of drug-likeness (QED) is 0.806. The summed E-state index contributed by atoms with van der Waals surface area (Å²) in [6, 6.07) is 11.3. The largest absolute Gasteiger partial charge is 0.311 e. The van der Waals surface area contributed by atoms with Crippen molar-refractivity contribution < 1.29 is 0 Å². The molecule has 0 saturated carbocycles. The van der Waals surface area contributed by atoms with Gasteiger partial charge in [0.1, 0.15) is 0 Å². The summed E-state index contributed by atoms with van der Waals surface area (Å²) in [5.74, 6) is 0. The molecule has 1 aromatic carbocycles. The number of rotatable bonds is 7. The van der Waals surface area contributed by atoms with Crippen LogP contribution in [0.5, 0.6) is 0 Å². The first kappa shape index (κ1) is 16.2. The molecule has 1 rings (SSSR count). The van der Waals surface area contributed by atoms with Crippen LogP contribution >= 0.6 is 0 Å². The zero-order valence-corrected chi connectivity index (χ0v) is 13.2. The molecule has 1 atom stereocenters. The van der Waals surface area contributed by atoms with E-state index in [1.807, 2.05) is 0 Å². The van der Waals surface area contributed by atoms with E-state index < -0.39 is 0 Å². The highest BCUT2D eigenvalue weighted by atomic mass is 15.2. The van der Waals surface area contributed by atoms with Crippen LogP contribution in [0.1, 0.15) is 46.1 Å². The van der Waals surface area contributed by atoms with Gasteiger partial charge in [-0.05, 0) is 39.8 Å². The SMILES string of the molecule is CCCC(CNC(C)(C)C)N(C)Cc1ccccc1. The van der Waals surface area contributed by atoms with Crippen LogP contribution in [0.4, 0.5) is 0 Å². The highest BCUT2D eigenvalue weighted by Crippen LogP contribution is 2.11. The lowest BCUT2D eigenvalue weighted by Crippen LogP contribution is -2.46. The lowest BCUT2D eigenvalue weighted by molar-refractivity contribution is 0.202. The van der Waals surface area contributed by atoms with Gasteiger partial charge in [-0.1, -0.05) is 43.7 Å². The molecule has 0 aliphatic heterocycles. The van der Waals surface area contributed by atoms with Gasteiger partial charge in [-0.25, -0.2) is 0 Å². The van der Waals surface area contributed by atoms with E-state index in [1.54, 1.807) is 0 Å². The Morgan fingerprint density at radius 2 is 1.79 bits per heavy atom. The Kier molecular flexibility index (Phi) is 6.53. The van der Waals surface area contributed by atoms with Gasteiger partial charge in [0.25, 0.3) is 0 Å². The van der Waals surface area contributed by atoms with Crippen LogP contribution in [-0.2, 0) is 6.54 Å². The Labute approximate surface area is 119 Å². The minimum absolute atomic E-state index is 0.194. The van der Waals surface area contributed by atoms with Crippen LogP contribution in [0, 0.1) is 0 Å². The van der Waals surface area contributed by atoms with E-state index in [0.29, 0.717) is 6.04 Å². The molecular formula is C17H30N2. The summed E-state index contributed by atoms with van der Waals surface area (Å²) in [5, 5.41) is 3.63. The highest BCUT2D eigenvalue weighted by molar-refractivity contribution is 5.14. The molecule has 19 heavy (non-hydrogen) atoms. The van der Waals surface area contributed by atoms with E-state index >= 15 is 0 Å². The average molecular weight is 262 g/mol. The average Bonchev–Trinajstić information content (AvgIpc) is 2.34. The van der Waals surface area contributed by atoms with Crippen molar-refractivity contribution >= 4 is 0 Å². The van der Waals surface area contributed by atoms with Gasteiger partial charge in [0.05, 0.1) is 0 Å². The molecule has 0 aliphatic rings. The van der Waals surface area contributed by atoms with Crippen molar-refractivity contribution in [1.29, 1.82) is 0 Å². The van der Waals surface area contributed by atoms with Gasteiger partial charge >= 0.3 is 0 Å². The molecule has 1 aromatic rings. The maximum atomic E-state index is 3.63. The number of nitrogens with one attached hydrogen (secondary N) is 1. The zero-order chi connectivity index (χ0) is 14.3. The summed E-state index contributed by atoms with van der Waals surface area (Å²) in [6.07, 6.45) is 2.47. The van der Waals surface area contributed by atoms with Crippen LogP contribution in [0.3, 0.4) is 0 Å². The fourth-order valence-corrected chi connectivity index (χ4v) is 2.24. The van der Waals surface area contributed by atoms with Crippen LogP contribution in [0.2, 0.25) is 0 Å². The fourth-order valence-electron chi connectivity index (χ4n) is 2.24. The third-order valence-corrected chi connectivity index (χ3v) is 3.39. The number of hydrogen-bond donors (Lipinski definition) is 1. The third kappa shape index (κ3) is 6.74. The molecule has 2 nitrogen and oxygen atoms in total. The van der Waals surface area contributed by atoms with Crippen molar-refractivity contribution in [2.75, 3.05) is 13.6 Å². The normalized spacial score (nSPS) is 13.8. The molecule has 1 N–H and O–H groups in total. The molecule has 0 aromatic heterocycles. The fraction of sp³-hybridized carbons (Fsp3) is 0.647. The van der Waals surface area contributed by atoms with Crippen molar-refractivity contribution in [1.82, 2.24) is 10.2 Å². The van der Waals surface area contributed by atoms with Crippen LogP contribution in [0.15, 0.2) is 30.3 Å². The van der Waals surface area contributed by atoms with E-state index in [9.17, 15) is 0 Å². The van der Waals surface area contributed by atoms with Crippen molar-refractivity contribution in [3.8, 4) is 0 Å². The third-order valence-electron chi connectivity index (χ3n) is 3.39. The molecule has 0 fully saturated rings. The van der Waals surface area contributed by atoms with E-state index in [0.717, 1.165) is 13.1 Å². The number of benzene rings is 1. The van der Waals surface area contributed by atoms with E-state index in [-0.39, 0.29) is 5.54 Å². The topological polar surface area (TPSA) is 15.3 Å². The van der Waals surface area contributed by atoms with Crippen LogP contribution in [-0.4, -0.2) is 30.1 Å². The summed E-state index contributed by atoms with van der Waals surface area (Å²) in [7, 11) is 2.23. The van der Waals surface area contributed by atoms with E-state index in [2.05, 4.69) is 75.3 Å². The summed E-state index contributed by atoms with van der Waals surface area (Å²) in [6.45, 7) is 11.0. The first-order valence-corrected chi connectivity index (χ1v) is 7.41. The second kappa shape index (κ2) is 7.66. The van der Waals surface area contributed by atoms with Gasteiger partial charge in [-0.3, -0.25) is 4.90 Å². The number of hydrogen-bond acceptors (Lipinski definition) is 2. The van der Waals surface area contributed by atoms with Crippen LogP contribution < -0.4 is 5.32 Å². The second-order valence-electron chi connectivity index (χ2n) is 6.47. The molecule has 0 heterocycles. The van der Waals surface area contributed by atoms with Crippen molar-refractivity contribution in [3.63, 3.8) is 0 Å². The smallest absolute Gasteiger partial charge is 0.0234 e. The molecule has 1 unspecified atom stereocenters. The van der Waals surface area contributed by atoms with Crippen molar-refractivity contribution in [2.45, 2.75) is 58.7 Å². The monoisotopic (exact) mass is 262 g/mol. The lowest BCUT2D eigenvalue weighted by atomic mass is 10.1. The molecule has 0 amide bonds. The van der Waals surface area contributed by atoms with Gasteiger partial charge in [-0.2, -0.15) is 0 Å². The molecule has 0 aliphatic carbocycles. The van der Waals surface area contributed by atoms with Gasteiger partial charge in [-0.15, -0.1) is 0 Å². The Hall–Kier alpha value is -0.860. The van der Waals surface area contributed by atoms with Gasteiger partial charge < -0.3 is 5.32 Å². The van der Waals surface area contributed by atoms with Gasteiger partial charge in [0.15, 0.2) is 0 Å². The first-order valence-electron chi connectivity index (χ1n) is 7.41. The van der Waals surface area contributed by atoms with E-state index in [1.165, 1.54) is 18.4 Å². The summed E-state index contributed by atoms with van der Waals surface area (Å²) >= 11 is 0. The molecule has 0 radical (unpaired) electrons. The van der Waals surface area contributed by atoms with Crippen molar-refractivity contribution in [2.24, 2.45) is 0 Å². The maximum absolute atomic E-state index is 3.63. The highest BCUT2D eigenvalue weighted by Gasteiger charge is 2.17. The molecule has 0 saturated heterocycles. The summed E-state index contributed by atoms with van der Waals surface area (Å²) in [5.41, 5.74) is 1.58. The lowest BCUT2D eigenvalue weighted by Gasteiger charge is -2.31. The maximum Gasteiger partial charge on any atom is 0.0234 e. The van der Waals surface area contributed by atoms with Crippen molar-refractivity contribution in [3.05, 3.63) is 35.9 Å². The summed E-state index contributed by atoms with van der Waals surface area (Å²) < 4.78 is 0. The molecule has 0 spiro atoms. The first-order chi connectivity index (χ1) is 8.92. The minimum atomic E-state index is 0.194. The standard InChI is InChI=1S/C17H30N2/c1-6-10-16(13-18-17(2,3)4)19(5)14-15-11-8-7-9-12-15/h7-9,11-12,16,18H,6,10,13-14H2,1-5H3. The molecule has 108 valence electrons. The number of nitrogens with zero attached hydrogens (tertiary/aromatic N) is 1. The second-order valence-corrected chi connectivity index (χ2v) is 6.47. The zero-order valence-electron chi connectivity index (χ0n) is 13.2. The van der Waals surface area contributed by atoms with Crippen LogP contribution in [0.25, 0.3) is 0 Å². The number of likely N-dealkylation sites (N-methyl/N-ethyl adjacent to an activating group) is 1. The van der Waals surface area contributed by atoms with Gasteiger partial charge in [0.2, 0.25) is 0 Å². The summed E-state index contributed by atoms with van der Waals surface area (Å²) in [4.78, 5) is 2.47. The van der Waals surface area contributed by atoms with E-state index in [4.69, 9.17) is 0 Å². The Balaban J connectivity index is 2.54. The van der Waals surface area contributed by atoms with Gasteiger partial charge in [0, 0.05) is 24.7 Å².